The van der Waals surface area contributed by atoms with Crippen LogP contribution in [-0.4, -0.2) is 31.2 Å². The highest BCUT2D eigenvalue weighted by molar-refractivity contribution is 6.14. The zero-order valence-corrected chi connectivity index (χ0v) is 14.0. The first-order chi connectivity index (χ1) is 12.2. The van der Waals surface area contributed by atoms with Gasteiger partial charge in [-0.05, 0) is 25.1 Å². The largest absolute Gasteiger partial charge is 0.495 e. The lowest BCUT2D eigenvalue weighted by Crippen LogP contribution is -2.16. The number of carbonyl (C=O) groups is 1. The molecule has 6 nitrogen and oxygen atoms in total. The van der Waals surface area contributed by atoms with E-state index < -0.39 is 0 Å². The molecule has 4 rings (SSSR count). The van der Waals surface area contributed by atoms with Gasteiger partial charge in [0.15, 0.2) is 11.5 Å². The number of methoxy groups -OCH3 is 1. The summed E-state index contributed by atoms with van der Waals surface area (Å²) in [5.41, 5.74) is 2.86. The predicted molar refractivity (Wildman–Crippen MR) is 95.0 cm³/mol. The molecule has 1 aromatic heterocycles. The van der Waals surface area contributed by atoms with Crippen LogP contribution in [0.15, 0.2) is 36.4 Å². The van der Waals surface area contributed by atoms with Crippen LogP contribution in [0.3, 0.4) is 0 Å². The Morgan fingerprint density at radius 1 is 1.16 bits per heavy atom. The summed E-state index contributed by atoms with van der Waals surface area (Å²) in [4.78, 5) is 16.1. The number of hydrogen-bond acceptors (Lipinski definition) is 4. The molecule has 0 bridgehead atoms. The van der Waals surface area contributed by atoms with Gasteiger partial charge in [-0.3, -0.25) is 4.79 Å². The second-order valence-electron chi connectivity index (χ2n) is 5.82. The minimum absolute atomic E-state index is 0.186. The highest BCUT2D eigenvalue weighted by Gasteiger charge is 2.19. The number of aromatic nitrogens is 1. The zero-order chi connectivity index (χ0) is 17.4. The standard InChI is InChI=1S/C19H18N2O4/c1-11-17(13-4-3-5-15(23-2)18(13)20-11)19(22)21-12-6-7-14-16(10-12)25-9-8-24-14/h3-7,10,20H,8-9H2,1-2H3,(H,21,22). The molecule has 2 N–H and O–H groups in total. The van der Waals surface area contributed by atoms with Crippen LogP contribution in [0.25, 0.3) is 10.9 Å². The van der Waals surface area contributed by atoms with Gasteiger partial charge in [0.1, 0.15) is 19.0 Å². The summed E-state index contributed by atoms with van der Waals surface area (Å²) >= 11 is 0. The fourth-order valence-electron chi connectivity index (χ4n) is 3.10. The summed E-state index contributed by atoms with van der Waals surface area (Å²) in [5.74, 6) is 1.85. The number of para-hydroxylation sites is 1. The Bertz CT molecular complexity index is 961. The molecule has 0 saturated carbocycles. The van der Waals surface area contributed by atoms with Crippen molar-refractivity contribution in [2.75, 3.05) is 25.6 Å². The molecule has 1 aliphatic rings. The Labute approximate surface area is 144 Å². The Morgan fingerprint density at radius 2 is 1.96 bits per heavy atom. The molecular weight excluding hydrogens is 320 g/mol. The molecule has 0 saturated heterocycles. The fraction of sp³-hybridized carbons (Fsp3) is 0.211. The third-order valence-electron chi connectivity index (χ3n) is 4.23. The molecule has 1 aliphatic heterocycles. The number of nitrogens with one attached hydrogen (secondary N) is 2. The lowest BCUT2D eigenvalue weighted by molar-refractivity contribution is 0.102. The van der Waals surface area contributed by atoms with Gasteiger partial charge in [0.25, 0.3) is 5.91 Å². The summed E-state index contributed by atoms with van der Waals surface area (Å²) in [6.07, 6.45) is 0. The fourth-order valence-corrected chi connectivity index (χ4v) is 3.10. The summed E-state index contributed by atoms with van der Waals surface area (Å²) in [6.45, 7) is 2.92. The van der Waals surface area contributed by atoms with E-state index in [0.717, 1.165) is 16.6 Å². The normalized spacial score (nSPS) is 12.9. The van der Waals surface area contributed by atoms with Crippen molar-refractivity contribution in [3.8, 4) is 17.2 Å². The Kier molecular flexibility index (Phi) is 3.72. The quantitative estimate of drug-likeness (QED) is 0.766. The minimum Gasteiger partial charge on any atom is -0.495 e. The number of amides is 1. The maximum atomic E-state index is 12.8. The van der Waals surface area contributed by atoms with Crippen molar-refractivity contribution in [3.63, 3.8) is 0 Å². The molecular formula is C19H18N2O4. The van der Waals surface area contributed by atoms with Crippen LogP contribution < -0.4 is 19.5 Å². The van der Waals surface area contributed by atoms with E-state index in [2.05, 4.69) is 10.3 Å². The first kappa shape index (κ1) is 15.4. The van der Waals surface area contributed by atoms with Gasteiger partial charge in [0.05, 0.1) is 18.2 Å². The molecule has 0 spiro atoms. The van der Waals surface area contributed by atoms with E-state index in [9.17, 15) is 4.79 Å². The Hall–Kier alpha value is -3.15. The van der Waals surface area contributed by atoms with E-state index in [1.807, 2.05) is 25.1 Å². The molecule has 25 heavy (non-hydrogen) atoms. The van der Waals surface area contributed by atoms with E-state index >= 15 is 0 Å². The number of aromatic amines is 1. The van der Waals surface area contributed by atoms with Crippen molar-refractivity contribution in [1.82, 2.24) is 4.98 Å². The molecule has 3 aromatic rings. The number of rotatable bonds is 3. The molecule has 0 aliphatic carbocycles. The van der Waals surface area contributed by atoms with Crippen LogP contribution in [0.2, 0.25) is 0 Å². The third-order valence-corrected chi connectivity index (χ3v) is 4.23. The number of anilines is 1. The number of ether oxygens (including phenoxy) is 3. The smallest absolute Gasteiger partial charge is 0.258 e. The maximum Gasteiger partial charge on any atom is 0.258 e. The van der Waals surface area contributed by atoms with Crippen LogP contribution >= 0.6 is 0 Å². The average molecular weight is 338 g/mol. The van der Waals surface area contributed by atoms with Gasteiger partial charge in [0.2, 0.25) is 0 Å². The summed E-state index contributed by atoms with van der Waals surface area (Å²) in [7, 11) is 1.61. The highest BCUT2D eigenvalue weighted by Crippen LogP contribution is 2.34. The number of aryl methyl sites for hydroxylation is 1. The average Bonchev–Trinajstić information content (AvgIpc) is 2.97. The highest BCUT2D eigenvalue weighted by atomic mass is 16.6. The topological polar surface area (TPSA) is 72.6 Å². The molecule has 0 unspecified atom stereocenters. The van der Waals surface area contributed by atoms with Gasteiger partial charge < -0.3 is 24.5 Å². The van der Waals surface area contributed by atoms with Crippen molar-refractivity contribution in [3.05, 3.63) is 47.7 Å². The van der Waals surface area contributed by atoms with E-state index in [-0.39, 0.29) is 5.91 Å². The summed E-state index contributed by atoms with van der Waals surface area (Å²) in [5, 5.41) is 3.76. The molecule has 0 fully saturated rings. The van der Waals surface area contributed by atoms with E-state index in [0.29, 0.717) is 41.7 Å². The molecule has 2 heterocycles. The molecule has 2 aromatic carbocycles. The van der Waals surface area contributed by atoms with Gasteiger partial charge in [-0.15, -0.1) is 0 Å². The van der Waals surface area contributed by atoms with Gasteiger partial charge in [0, 0.05) is 22.8 Å². The predicted octanol–water partition coefficient (Wildman–Crippen LogP) is 3.51. The number of H-pyrrole nitrogens is 1. The van der Waals surface area contributed by atoms with Crippen LogP contribution in [0.5, 0.6) is 17.2 Å². The van der Waals surface area contributed by atoms with Gasteiger partial charge in [-0.1, -0.05) is 12.1 Å². The monoisotopic (exact) mass is 338 g/mol. The van der Waals surface area contributed by atoms with Gasteiger partial charge >= 0.3 is 0 Å². The van der Waals surface area contributed by atoms with Crippen LogP contribution in [-0.2, 0) is 0 Å². The second kappa shape index (κ2) is 6.05. The first-order valence-electron chi connectivity index (χ1n) is 8.03. The van der Waals surface area contributed by atoms with Crippen LogP contribution in [0.1, 0.15) is 16.1 Å². The molecule has 1 amide bonds. The van der Waals surface area contributed by atoms with Crippen LogP contribution in [0, 0.1) is 6.92 Å². The summed E-state index contributed by atoms with van der Waals surface area (Å²) < 4.78 is 16.4. The van der Waals surface area contributed by atoms with E-state index in [1.165, 1.54) is 0 Å². The van der Waals surface area contributed by atoms with E-state index in [1.54, 1.807) is 25.3 Å². The lowest BCUT2D eigenvalue weighted by Gasteiger charge is -2.19. The summed E-state index contributed by atoms with van der Waals surface area (Å²) in [6, 6.07) is 11.0. The van der Waals surface area contributed by atoms with Crippen LogP contribution in [0.4, 0.5) is 5.69 Å². The van der Waals surface area contributed by atoms with Crippen molar-refractivity contribution in [1.29, 1.82) is 0 Å². The van der Waals surface area contributed by atoms with Gasteiger partial charge in [-0.25, -0.2) is 0 Å². The minimum atomic E-state index is -0.186. The van der Waals surface area contributed by atoms with Crippen molar-refractivity contribution in [2.45, 2.75) is 6.92 Å². The number of hydrogen-bond donors (Lipinski definition) is 2. The Balaban J connectivity index is 1.68. The molecule has 0 atom stereocenters. The molecule has 6 heteroatoms. The zero-order valence-electron chi connectivity index (χ0n) is 14.0. The maximum absolute atomic E-state index is 12.8. The van der Waals surface area contributed by atoms with E-state index in [4.69, 9.17) is 14.2 Å². The number of benzene rings is 2. The Morgan fingerprint density at radius 3 is 2.76 bits per heavy atom. The SMILES string of the molecule is COc1cccc2c(C(=O)Nc3ccc4c(c3)OCCO4)c(C)[nH]c12. The van der Waals surface area contributed by atoms with Crippen molar-refractivity contribution in [2.24, 2.45) is 0 Å². The van der Waals surface area contributed by atoms with Gasteiger partial charge in [-0.2, -0.15) is 0 Å². The lowest BCUT2D eigenvalue weighted by atomic mass is 10.1. The number of carbonyl (C=O) groups excluding carboxylic acids is 1. The first-order valence-corrected chi connectivity index (χ1v) is 8.03. The third kappa shape index (κ3) is 2.65. The van der Waals surface area contributed by atoms with Crippen molar-refractivity contribution < 1.29 is 19.0 Å². The molecule has 128 valence electrons. The molecule has 0 radical (unpaired) electrons. The number of fused-ring (bicyclic) bond motifs is 2. The second-order valence-corrected chi connectivity index (χ2v) is 5.82. The van der Waals surface area contributed by atoms with Crippen molar-refractivity contribution >= 4 is 22.5 Å².